The van der Waals surface area contributed by atoms with Gasteiger partial charge >= 0.3 is 0 Å². The third kappa shape index (κ3) is 5.26. The Kier molecular flexibility index (Phi) is 7.38. The number of piperidine rings is 1. The molecular weight excluding hydrogens is 615 g/mol. The lowest BCUT2D eigenvalue weighted by Crippen LogP contribution is -2.43. The number of ether oxygens (including phenoxy) is 1. The largest absolute Gasteiger partial charge is 0.493 e. The minimum absolute atomic E-state index is 0.0187. The van der Waals surface area contributed by atoms with Crippen LogP contribution in [0.25, 0.3) is 10.8 Å². The number of sulfonamides is 1. The van der Waals surface area contributed by atoms with Gasteiger partial charge in [0.2, 0.25) is 15.9 Å². The van der Waals surface area contributed by atoms with Crippen molar-refractivity contribution >= 4 is 53.8 Å². The van der Waals surface area contributed by atoms with Crippen molar-refractivity contribution in [2.24, 2.45) is 5.92 Å². The standard InChI is InChI=1S/C33H31N3O7S2/c37-32(23-6-5-16-35(21-23)45(41,42)25-11-14-30-22(20-25)15-18-43-30)34-28-12-13-29-31-26(28)9-4-10-27(31)33(38)36(29)17-19-44(39,40)24-7-2-1-3-8-24/h1-4,7-14,20,23H,5-6,15-19,21H2,(H,34,37). The summed E-state index contributed by atoms with van der Waals surface area (Å²) in [6.45, 7) is 0.906. The van der Waals surface area contributed by atoms with Gasteiger partial charge in [-0.25, -0.2) is 16.8 Å². The molecule has 0 bridgehead atoms. The second-order valence-corrected chi connectivity index (χ2v) is 15.6. The zero-order chi connectivity index (χ0) is 31.3. The summed E-state index contributed by atoms with van der Waals surface area (Å²) >= 11 is 0. The molecule has 7 rings (SSSR count). The summed E-state index contributed by atoms with van der Waals surface area (Å²) < 4.78 is 59.7. The maximum absolute atomic E-state index is 13.5. The molecule has 3 heterocycles. The number of nitrogens with zero attached hydrogens (tertiary/aromatic N) is 2. The van der Waals surface area contributed by atoms with Crippen LogP contribution in [0, 0.1) is 5.92 Å². The number of carbonyl (C=O) groups is 2. The summed E-state index contributed by atoms with van der Waals surface area (Å²) in [5, 5.41) is 4.29. The highest BCUT2D eigenvalue weighted by Gasteiger charge is 2.35. The maximum Gasteiger partial charge on any atom is 0.259 e. The number of sulfone groups is 1. The summed E-state index contributed by atoms with van der Waals surface area (Å²) in [4.78, 5) is 28.8. The number of carbonyl (C=O) groups excluding carboxylic acids is 2. The molecule has 3 aliphatic rings. The van der Waals surface area contributed by atoms with Crippen molar-refractivity contribution in [2.45, 2.75) is 29.1 Å². The van der Waals surface area contributed by atoms with Crippen LogP contribution >= 0.6 is 0 Å². The number of rotatable bonds is 8. The van der Waals surface area contributed by atoms with Crippen molar-refractivity contribution in [1.82, 2.24) is 4.31 Å². The van der Waals surface area contributed by atoms with Crippen molar-refractivity contribution in [3.8, 4) is 5.75 Å². The molecule has 10 nitrogen and oxygen atoms in total. The van der Waals surface area contributed by atoms with Crippen molar-refractivity contribution in [2.75, 3.05) is 42.2 Å². The van der Waals surface area contributed by atoms with E-state index in [0.717, 1.165) is 5.56 Å². The summed E-state index contributed by atoms with van der Waals surface area (Å²) in [5.74, 6) is -0.689. The first kappa shape index (κ1) is 29.5. The Morgan fingerprint density at radius 3 is 2.58 bits per heavy atom. The predicted molar refractivity (Wildman–Crippen MR) is 170 cm³/mol. The van der Waals surface area contributed by atoms with E-state index in [4.69, 9.17) is 4.74 Å². The first-order valence-corrected chi connectivity index (χ1v) is 17.9. The lowest BCUT2D eigenvalue weighted by molar-refractivity contribution is -0.120. The first-order chi connectivity index (χ1) is 21.6. The Morgan fingerprint density at radius 2 is 1.76 bits per heavy atom. The molecule has 45 heavy (non-hydrogen) atoms. The molecule has 0 radical (unpaired) electrons. The Morgan fingerprint density at radius 1 is 0.933 bits per heavy atom. The number of amides is 2. The van der Waals surface area contributed by atoms with E-state index in [1.165, 1.54) is 21.3 Å². The molecule has 0 saturated carbocycles. The van der Waals surface area contributed by atoms with E-state index in [0.29, 0.717) is 65.9 Å². The maximum atomic E-state index is 13.5. The molecule has 1 N–H and O–H groups in total. The van der Waals surface area contributed by atoms with Gasteiger partial charge in [0.15, 0.2) is 9.84 Å². The van der Waals surface area contributed by atoms with Crippen LogP contribution in [0.3, 0.4) is 0 Å². The smallest absolute Gasteiger partial charge is 0.259 e. The zero-order valence-electron chi connectivity index (χ0n) is 24.3. The molecule has 232 valence electrons. The highest BCUT2D eigenvalue weighted by Crippen LogP contribution is 2.41. The summed E-state index contributed by atoms with van der Waals surface area (Å²) in [6.07, 6.45) is 1.75. The Hall–Kier alpha value is -4.26. The molecule has 0 aromatic heterocycles. The summed E-state index contributed by atoms with van der Waals surface area (Å²) in [7, 11) is -7.40. The minimum atomic E-state index is -3.79. The van der Waals surface area contributed by atoms with Gasteiger partial charge in [0, 0.05) is 48.1 Å². The van der Waals surface area contributed by atoms with Gasteiger partial charge in [-0.1, -0.05) is 30.3 Å². The molecular formula is C33H31N3O7S2. The van der Waals surface area contributed by atoms with Crippen molar-refractivity contribution in [1.29, 1.82) is 0 Å². The third-order valence-corrected chi connectivity index (χ3v) is 12.4. The molecule has 4 aromatic rings. The SMILES string of the molecule is O=C(Nc1ccc2c3c(cccc13)C(=O)N2CCS(=O)(=O)c1ccccc1)C1CCCN(S(=O)(=O)c2ccc3c(c2)CCO3)C1. The molecule has 1 fully saturated rings. The van der Waals surface area contributed by atoms with E-state index >= 15 is 0 Å². The molecule has 1 unspecified atom stereocenters. The Labute approximate surface area is 261 Å². The van der Waals surface area contributed by atoms with Crippen LogP contribution in [0.2, 0.25) is 0 Å². The lowest BCUT2D eigenvalue weighted by atomic mass is 9.98. The average Bonchev–Trinajstić information content (AvgIpc) is 3.64. The van der Waals surface area contributed by atoms with Gasteiger partial charge in [-0.2, -0.15) is 4.31 Å². The van der Waals surface area contributed by atoms with Gasteiger partial charge in [0.25, 0.3) is 5.91 Å². The molecule has 0 spiro atoms. The molecule has 3 aliphatic heterocycles. The predicted octanol–water partition coefficient (Wildman–Crippen LogP) is 4.25. The van der Waals surface area contributed by atoms with E-state index < -0.39 is 25.8 Å². The average molecular weight is 646 g/mol. The van der Waals surface area contributed by atoms with Crippen LogP contribution in [0.1, 0.15) is 28.8 Å². The minimum Gasteiger partial charge on any atom is -0.493 e. The van der Waals surface area contributed by atoms with Crippen molar-refractivity contribution in [3.05, 3.63) is 90.0 Å². The number of nitrogens with one attached hydrogen (secondary N) is 1. The third-order valence-electron chi connectivity index (χ3n) is 8.78. The number of benzene rings is 4. The van der Waals surface area contributed by atoms with Gasteiger partial charge in [0.1, 0.15) is 5.75 Å². The van der Waals surface area contributed by atoms with E-state index in [1.807, 2.05) is 6.07 Å². The fourth-order valence-corrected chi connectivity index (χ4v) is 9.22. The van der Waals surface area contributed by atoms with Crippen LogP contribution in [-0.2, 0) is 31.1 Å². The second kappa shape index (κ2) is 11.3. The van der Waals surface area contributed by atoms with Gasteiger partial charge in [-0.3, -0.25) is 9.59 Å². The number of fused-ring (bicyclic) bond motifs is 1. The molecule has 1 saturated heterocycles. The summed E-state index contributed by atoms with van der Waals surface area (Å²) in [5.41, 5.74) is 2.39. The molecule has 2 amide bonds. The fourth-order valence-electron chi connectivity index (χ4n) is 6.42. The molecule has 4 aromatic carbocycles. The fraction of sp³-hybridized carbons (Fsp3) is 0.273. The Balaban J connectivity index is 1.09. The van der Waals surface area contributed by atoms with Crippen LogP contribution in [0.15, 0.2) is 88.7 Å². The number of hydrogen-bond donors (Lipinski definition) is 1. The van der Waals surface area contributed by atoms with Crippen LogP contribution in [0.5, 0.6) is 5.75 Å². The quantitative estimate of drug-likeness (QED) is 0.303. The second-order valence-electron chi connectivity index (χ2n) is 11.5. The van der Waals surface area contributed by atoms with Crippen LogP contribution in [0.4, 0.5) is 11.4 Å². The van der Waals surface area contributed by atoms with E-state index in [2.05, 4.69) is 5.32 Å². The van der Waals surface area contributed by atoms with Crippen molar-refractivity contribution < 1.29 is 31.2 Å². The highest BCUT2D eigenvalue weighted by molar-refractivity contribution is 7.91. The molecule has 1 atom stereocenters. The number of hydrogen-bond acceptors (Lipinski definition) is 7. The first-order valence-electron chi connectivity index (χ1n) is 14.9. The van der Waals surface area contributed by atoms with Gasteiger partial charge in [-0.05, 0) is 66.9 Å². The van der Waals surface area contributed by atoms with Gasteiger partial charge in [0.05, 0.1) is 33.8 Å². The summed E-state index contributed by atoms with van der Waals surface area (Å²) in [6, 6.07) is 21.7. The van der Waals surface area contributed by atoms with E-state index in [1.54, 1.807) is 60.7 Å². The van der Waals surface area contributed by atoms with Crippen LogP contribution < -0.4 is 15.0 Å². The molecule has 0 aliphatic carbocycles. The van der Waals surface area contributed by atoms with Crippen LogP contribution in [-0.4, -0.2) is 64.9 Å². The van der Waals surface area contributed by atoms with Gasteiger partial charge in [-0.15, -0.1) is 0 Å². The normalized spacial score (nSPS) is 18.2. The Bertz CT molecular complexity index is 2060. The monoisotopic (exact) mass is 645 g/mol. The van der Waals surface area contributed by atoms with Gasteiger partial charge < -0.3 is 15.0 Å². The zero-order valence-corrected chi connectivity index (χ0v) is 25.9. The van der Waals surface area contributed by atoms with E-state index in [-0.39, 0.29) is 40.4 Å². The lowest BCUT2D eigenvalue weighted by Gasteiger charge is -2.31. The van der Waals surface area contributed by atoms with Crippen molar-refractivity contribution in [3.63, 3.8) is 0 Å². The molecule has 12 heteroatoms. The highest BCUT2D eigenvalue weighted by atomic mass is 32.2. The van der Waals surface area contributed by atoms with E-state index in [9.17, 15) is 26.4 Å². The number of anilines is 2. The topological polar surface area (TPSA) is 130 Å².